The van der Waals surface area contributed by atoms with Crippen LogP contribution in [0.5, 0.6) is 5.75 Å². The van der Waals surface area contributed by atoms with E-state index in [0.29, 0.717) is 35.5 Å². The van der Waals surface area contributed by atoms with Crippen molar-refractivity contribution in [3.05, 3.63) is 112 Å². The number of amides is 1. The van der Waals surface area contributed by atoms with Crippen LogP contribution in [0.15, 0.2) is 99.7 Å². The minimum absolute atomic E-state index is 0.126. The summed E-state index contributed by atoms with van der Waals surface area (Å²) in [6, 6.07) is 19.5. The first-order valence-corrected chi connectivity index (χ1v) is 20.1. The SMILES string of the molecule is CC(Oc1ccccc1)C(=O)N1CCc2ccc(S(=O)(=O)Nc3nccs3)cc2C1.O=S(=O)(Nc1nccs1)c1ccc2c(c1)CNCC2. The van der Waals surface area contributed by atoms with E-state index in [4.69, 9.17) is 4.74 Å². The second kappa shape index (κ2) is 15.0. The van der Waals surface area contributed by atoms with E-state index in [1.54, 1.807) is 53.0 Å². The zero-order valence-corrected chi connectivity index (χ0v) is 29.7. The number of thiazole rings is 2. The Balaban J connectivity index is 0.000000188. The summed E-state index contributed by atoms with van der Waals surface area (Å²) in [7, 11) is -7.29. The molecule has 256 valence electrons. The molecule has 0 spiro atoms. The molecule has 0 saturated carbocycles. The Labute approximate surface area is 293 Å². The van der Waals surface area contributed by atoms with Gasteiger partial charge in [-0.2, -0.15) is 0 Å². The number of para-hydroxylation sites is 1. The Hall–Kier alpha value is -4.35. The lowest BCUT2D eigenvalue weighted by molar-refractivity contribution is -0.138. The second-order valence-electron chi connectivity index (χ2n) is 11.3. The van der Waals surface area contributed by atoms with Crippen LogP contribution in [0.2, 0.25) is 0 Å². The van der Waals surface area contributed by atoms with Crippen molar-refractivity contribution in [1.82, 2.24) is 20.2 Å². The van der Waals surface area contributed by atoms with Crippen molar-refractivity contribution in [2.24, 2.45) is 0 Å². The van der Waals surface area contributed by atoms with Crippen molar-refractivity contribution in [1.29, 1.82) is 0 Å². The summed E-state index contributed by atoms with van der Waals surface area (Å²) in [6.45, 7) is 4.30. The summed E-state index contributed by atoms with van der Waals surface area (Å²) in [4.78, 5) is 22.9. The minimum atomic E-state index is -3.74. The molecule has 1 amide bonds. The Kier molecular flexibility index (Phi) is 10.6. The predicted molar refractivity (Wildman–Crippen MR) is 190 cm³/mol. The number of aromatic nitrogens is 2. The topological polar surface area (TPSA) is 160 Å². The fourth-order valence-corrected chi connectivity index (χ4v) is 9.10. The van der Waals surface area contributed by atoms with Crippen LogP contribution in [0.1, 0.15) is 29.2 Å². The molecule has 16 heteroatoms. The van der Waals surface area contributed by atoms with E-state index in [0.717, 1.165) is 36.2 Å². The van der Waals surface area contributed by atoms with Gasteiger partial charge >= 0.3 is 0 Å². The average molecular weight is 739 g/mol. The van der Waals surface area contributed by atoms with E-state index >= 15 is 0 Å². The summed E-state index contributed by atoms with van der Waals surface area (Å²) < 4.78 is 60.5. The molecule has 1 atom stereocenters. The van der Waals surface area contributed by atoms with Gasteiger partial charge in [0.15, 0.2) is 16.4 Å². The van der Waals surface area contributed by atoms with Gasteiger partial charge in [0.05, 0.1) is 9.79 Å². The number of nitrogens with one attached hydrogen (secondary N) is 3. The third-order valence-corrected chi connectivity index (χ3v) is 12.2. The van der Waals surface area contributed by atoms with Gasteiger partial charge in [-0.3, -0.25) is 14.2 Å². The van der Waals surface area contributed by atoms with Gasteiger partial charge in [-0.25, -0.2) is 26.8 Å². The molecule has 0 aliphatic carbocycles. The predicted octanol–water partition coefficient (Wildman–Crippen LogP) is 4.89. The van der Waals surface area contributed by atoms with Crippen molar-refractivity contribution >= 4 is 58.9 Å². The number of nitrogens with zero attached hydrogens (tertiary/aromatic N) is 3. The van der Waals surface area contributed by atoms with E-state index in [1.165, 1.54) is 34.4 Å². The summed E-state index contributed by atoms with van der Waals surface area (Å²) in [5.74, 6) is 0.510. The van der Waals surface area contributed by atoms with Crippen LogP contribution in [-0.2, 0) is 50.8 Å². The number of ether oxygens (including phenoxy) is 1. The highest BCUT2D eigenvalue weighted by molar-refractivity contribution is 7.93. The average Bonchev–Trinajstić information content (AvgIpc) is 3.82. The second-order valence-corrected chi connectivity index (χ2v) is 16.4. The van der Waals surface area contributed by atoms with Crippen LogP contribution < -0.4 is 19.5 Å². The van der Waals surface area contributed by atoms with Gasteiger partial charge in [-0.1, -0.05) is 30.3 Å². The molecule has 3 N–H and O–H groups in total. The third-order valence-electron chi connectivity index (χ3n) is 7.90. The van der Waals surface area contributed by atoms with Gasteiger partial charge < -0.3 is 15.0 Å². The zero-order valence-electron chi connectivity index (χ0n) is 26.4. The molecular formula is C33H34N6O6S4. The molecule has 1 unspecified atom stereocenters. The van der Waals surface area contributed by atoms with E-state index in [-0.39, 0.29) is 15.7 Å². The van der Waals surface area contributed by atoms with Crippen LogP contribution in [-0.4, -0.2) is 56.8 Å². The normalized spacial score (nSPS) is 14.8. The molecule has 0 saturated heterocycles. The number of hydrogen-bond donors (Lipinski definition) is 3. The number of carbonyl (C=O) groups is 1. The Morgan fingerprint density at radius 1 is 0.816 bits per heavy atom. The van der Waals surface area contributed by atoms with E-state index in [1.807, 2.05) is 42.5 Å². The van der Waals surface area contributed by atoms with E-state index < -0.39 is 26.2 Å². The highest BCUT2D eigenvalue weighted by Gasteiger charge is 2.27. The van der Waals surface area contributed by atoms with Gasteiger partial charge in [0.25, 0.3) is 26.0 Å². The van der Waals surface area contributed by atoms with Crippen molar-refractivity contribution in [2.75, 3.05) is 22.5 Å². The van der Waals surface area contributed by atoms with Crippen molar-refractivity contribution in [3.63, 3.8) is 0 Å². The molecule has 2 aliphatic rings. The number of fused-ring (bicyclic) bond motifs is 2. The number of rotatable bonds is 9. The molecule has 0 radical (unpaired) electrons. The number of benzene rings is 3. The monoisotopic (exact) mass is 738 g/mol. The standard InChI is InChI=1S/C21H21N3O4S2.C12H13N3O2S2/c1-15(28-18-5-3-2-4-6-18)20(25)24-11-9-16-7-8-19(13-17(16)14-24)30(26,27)23-21-22-10-12-29-21;16-19(17,15-12-14-5-6-18-12)11-2-1-9-3-4-13-8-10(9)7-11/h2-8,10,12-13,15H,9,11,14H2,1H3,(H,22,23);1-2,5-7,13H,3-4,8H2,(H,14,15). The molecule has 4 heterocycles. The lowest BCUT2D eigenvalue weighted by Gasteiger charge is -2.31. The quantitative estimate of drug-likeness (QED) is 0.192. The molecule has 49 heavy (non-hydrogen) atoms. The summed E-state index contributed by atoms with van der Waals surface area (Å²) in [5.41, 5.74) is 4.13. The Bertz CT molecular complexity index is 2110. The van der Waals surface area contributed by atoms with Crippen LogP contribution in [0.4, 0.5) is 10.3 Å². The summed E-state index contributed by atoms with van der Waals surface area (Å²) >= 11 is 2.47. The molecule has 0 fully saturated rings. The van der Waals surface area contributed by atoms with Crippen LogP contribution >= 0.6 is 22.7 Å². The maximum absolute atomic E-state index is 12.9. The zero-order chi connectivity index (χ0) is 34.4. The van der Waals surface area contributed by atoms with Gasteiger partial charge in [0.1, 0.15) is 5.75 Å². The number of hydrogen-bond acceptors (Lipinski definition) is 11. The smallest absolute Gasteiger partial charge is 0.263 e. The molecule has 7 rings (SSSR count). The molecular weight excluding hydrogens is 705 g/mol. The lowest BCUT2D eigenvalue weighted by Crippen LogP contribution is -2.43. The highest BCUT2D eigenvalue weighted by atomic mass is 32.2. The van der Waals surface area contributed by atoms with Crippen molar-refractivity contribution in [2.45, 2.75) is 48.7 Å². The van der Waals surface area contributed by atoms with Crippen molar-refractivity contribution < 1.29 is 26.4 Å². The maximum atomic E-state index is 12.9. The van der Waals surface area contributed by atoms with Gasteiger partial charge in [0.2, 0.25) is 0 Å². The summed E-state index contributed by atoms with van der Waals surface area (Å²) in [5, 5.41) is 7.37. The molecule has 5 aromatic rings. The first-order valence-electron chi connectivity index (χ1n) is 15.4. The van der Waals surface area contributed by atoms with Gasteiger partial charge in [-0.15, -0.1) is 22.7 Å². The van der Waals surface area contributed by atoms with E-state index in [2.05, 4.69) is 24.7 Å². The first-order chi connectivity index (χ1) is 23.6. The lowest BCUT2D eigenvalue weighted by atomic mass is 9.99. The van der Waals surface area contributed by atoms with E-state index in [9.17, 15) is 21.6 Å². The van der Waals surface area contributed by atoms with Gasteiger partial charge in [0, 0.05) is 42.8 Å². The molecule has 12 nitrogen and oxygen atoms in total. The van der Waals surface area contributed by atoms with Crippen LogP contribution in [0.25, 0.3) is 0 Å². The molecule has 2 aromatic heterocycles. The Morgan fingerprint density at radius 2 is 1.41 bits per heavy atom. The Morgan fingerprint density at radius 3 is 2.00 bits per heavy atom. The first kappa shape index (κ1) is 34.5. The van der Waals surface area contributed by atoms with Crippen molar-refractivity contribution in [3.8, 4) is 5.75 Å². The fraction of sp³-hybridized carbons (Fsp3) is 0.242. The minimum Gasteiger partial charge on any atom is -0.481 e. The highest BCUT2D eigenvalue weighted by Crippen LogP contribution is 2.26. The fourth-order valence-electron chi connectivity index (χ4n) is 5.42. The summed E-state index contributed by atoms with van der Waals surface area (Å²) in [6.07, 6.45) is 4.08. The molecule has 3 aromatic carbocycles. The third kappa shape index (κ3) is 8.63. The number of sulfonamides is 2. The van der Waals surface area contributed by atoms with Crippen LogP contribution in [0, 0.1) is 0 Å². The molecule has 0 bridgehead atoms. The number of carbonyl (C=O) groups excluding carboxylic acids is 1. The molecule has 2 aliphatic heterocycles. The largest absolute Gasteiger partial charge is 0.481 e. The van der Waals surface area contributed by atoms with Crippen LogP contribution in [0.3, 0.4) is 0 Å². The maximum Gasteiger partial charge on any atom is 0.263 e. The number of anilines is 2. The van der Waals surface area contributed by atoms with Gasteiger partial charge in [-0.05, 0) is 85.0 Å².